The number of halogens is 3. The van der Waals surface area contributed by atoms with Crippen LogP contribution in [-0.4, -0.2) is 0 Å². The van der Waals surface area contributed by atoms with Gasteiger partial charge in [-0.15, -0.1) is 0 Å². The molecule has 0 saturated carbocycles. The molecule has 90 valence electrons. The van der Waals surface area contributed by atoms with Gasteiger partial charge in [0.2, 0.25) is 0 Å². The summed E-state index contributed by atoms with van der Waals surface area (Å²) in [5.74, 6) is -0.647. The van der Waals surface area contributed by atoms with Crippen LogP contribution in [0, 0.1) is 23.0 Å². The van der Waals surface area contributed by atoms with E-state index >= 15 is 0 Å². The Morgan fingerprint density at radius 2 is 1.89 bits per heavy atom. The summed E-state index contributed by atoms with van der Waals surface area (Å²) in [6.07, 6.45) is 0. The second-order valence-electron chi connectivity index (χ2n) is 3.43. The molecule has 0 fully saturated rings. The van der Waals surface area contributed by atoms with Crippen molar-refractivity contribution < 1.29 is 13.5 Å². The molecule has 0 N–H and O–H groups in total. The van der Waals surface area contributed by atoms with Crippen LogP contribution < -0.4 is 4.74 Å². The summed E-state index contributed by atoms with van der Waals surface area (Å²) in [6.45, 7) is 0. The Kier molecular flexibility index (Phi) is 3.45. The van der Waals surface area contributed by atoms with Crippen molar-refractivity contribution in [2.24, 2.45) is 0 Å². The quantitative estimate of drug-likeness (QED) is 0.812. The van der Waals surface area contributed by atoms with Gasteiger partial charge in [0, 0.05) is 6.07 Å². The molecule has 0 spiro atoms. The second-order valence-corrected chi connectivity index (χ2v) is 3.84. The predicted molar refractivity (Wildman–Crippen MR) is 62.6 cm³/mol. The highest BCUT2D eigenvalue weighted by molar-refractivity contribution is 6.30. The van der Waals surface area contributed by atoms with E-state index < -0.39 is 11.6 Å². The Bertz CT molecular complexity index is 637. The molecule has 18 heavy (non-hydrogen) atoms. The lowest BCUT2D eigenvalue weighted by molar-refractivity contribution is 0.477. The fourth-order valence-corrected chi connectivity index (χ4v) is 1.52. The highest BCUT2D eigenvalue weighted by Gasteiger charge is 2.08. The lowest BCUT2D eigenvalue weighted by Gasteiger charge is -2.07. The Morgan fingerprint density at radius 1 is 1.11 bits per heavy atom. The lowest BCUT2D eigenvalue weighted by Crippen LogP contribution is -1.90. The summed E-state index contributed by atoms with van der Waals surface area (Å²) >= 11 is 5.60. The summed E-state index contributed by atoms with van der Waals surface area (Å²) in [7, 11) is 0. The van der Waals surface area contributed by atoms with Gasteiger partial charge >= 0.3 is 0 Å². The van der Waals surface area contributed by atoms with E-state index in [0.717, 1.165) is 12.1 Å². The van der Waals surface area contributed by atoms with Crippen LogP contribution in [0.3, 0.4) is 0 Å². The Labute approximate surface area is 107 Å². The van der Waals surface area contributed by atoms with Crippen LogP contribution in [0.15, 0.2) is 36.4 Å². The first-order chi connectivity index (χ1) is 8.60. The number of hydrogen-bond acceptors (Lipinski definition) is 2. The SMILES string of the molecule is N#Cc1cc(F)ccc1Oc1ccc(F)c(Cl)c1. The van der Waals surface area contributed by atoms with Crippen LogP contribution in [0.25, 0.3) is 0 Å². The first-order valence-electron chi connectivity index (χ1n) is 4.92. The highest BCUT2D eigenvalue weighted by atomic mass is 35.5. The third kappa shape index (κ3) is 2.58. The van der Waals surface area contributed by atoms with Gasteiger partial charge in [0.25, 0.3) is 0 Å². The number of nitriles is 1. The number of hydrogen-bond donors (Lipinski definition) is 0. The van der Waals surface area contributed by atoms with Gasteiger partial charge in [0.1, 0.15) is 29.2 Å². The largest absolute Gasteiger partial charge is 0.456 e. The molecule has 0 saturated heterocycles. The van der Waals surface area contributed by atoms with E-state index in [-0.39, 0.29) is 22.1 Å². The molecular weight excluding hydrogens is 260 g/mol. The van der Waals surface area contributed by atoms with Crippen LogP contribution in [-0.2, 0) is 0 Å². The van der Waals surface area contributed by atoms with Crippen LogP contribution in [0.2, 0.25) is 5.02 Å². The lowest BCUT2D eigenvalue weighted by atomic mass is 10.2. The van der Waals surface area contributed by atoms with Crippen LogP contribution in [0.5, 0.6) is 11.5 Å². The van der Waals surface area contributed by atoms with Gasteiger partial charge in [0.15, 0.2) is 0 Å². The number of rotatable bonds is 2. The minimum Gasteiger partial charge on any atom is -0.456 e. The topological polar surface area (TPSA) is 33.0 Å². The predicted octanol–water partition coefficient (Wildman–Crippen LogP) is 4.28. The van der Waals surface area contributed by atoms with E-state index in [1.807, 2.05) is 6.07 Å². The smallest absolute Gasteiger partial charge is 0.145 e. The van der Waals surface area contributed by atoms with Gasteiger partial charge < -0.3 is 4.74 Å². The maximum absolute atomic E-state index is 12.9. The summed E-state index contributed by atoms with van der Waals surface area (Å²) in [4.78, 5) is 0. The molecule has 2 aromatic carbocycles. The fourth-order valence-electron chi connectivity index (χ4n) is 1.35. The van der Waals surface area contributed by atoms with Gasteiger partial charge in [-0.05, 0) is 30.3 Å². The van der Waals surface area contributed by atoms with Gasteiger partial charge in [-0.25, -0.2) is 8.78 Å². The van der Waals surface area contributed by atoms with Crippen LogP contribution in [0.1, 0.15) is 5.56 Å². The molecule has 0 aromatic heterocycles. The molecule has 0 aliphatic carbocycles. The third-order valence-electron chi connectivity index (χ3n) is 2.18. The second kappa shape index (κ2) is 5.03. The molecule has 2 aromatic rings. The zero-order chi connectivity index (χ0) is 13.1. The van der Waals surface area contributed by atoms with Crippen molar-refractivity contribution in [3.05, 3.63) is 58.6 Å². The molecule has 0 radical (unpaired) electrons. The monoisotopic (exact) mass is 265 g/mol. The minimum atomic E-state index is -0.566. The normalized spacial score (nSPS) is 9.89. The van der Waals surface area contributed by atoms with Gasteiger partial charge in [-0.1, -0.05) is 11.6 Å². The maximum Gasteiger partial charge on any atom is 0.145 e. The van der Waals surface area contributed by atoms with Gasteiger partial charge in [-0.2, -0.15) is 5.26 Å². The maximum atomic E-state index is 12.9. The van der Waals surface area contributed by atoms with Crippen molar-refractivity contribution in [3.63, 3.8) is 0 Å². The molecule has 0 aliphatic rings. The highest BCUT2D eigenvalue weighted by Crippen LogP contribution is 2.28. The molecule has 0 bridgehead atoms. The van der Waals surface area contributed by atoms with Crippen molar-refractivity contribution in [3.8, 4) is 17.6 Å². The average Bonchev–Trinajstić information content (AvgIpc) is 2.36. The molecule has 0 atom stereocenters. The molecule has 0 unspecified atom stereocenters. The summed E-state index contributed by atoms with van der Waals surface area (Å²) in [5, 5.41) is 8.75. The van der Waals surface area contributed by atoms with E-state index in [9.17, 15) is 8.78 Å². The van der Waals surface area contributed by atoms with Crippen molar-refractivity contribution in [2.45, 2.75) is 0 Å². The molecule has 2 rings (SSSR count). The van der Waals surface area contributed by atoms with E-state index in [0.29, 0.717) is 0 Å². The Balaban J connectivity index is 2.34. The fraction of sp³-hybridized carbons (Fsp3) is 0. The van der Waals surface area contributed by atoms with Crippen molar-refractivity contribution in [1.82, 2.24) is 0 Å². The first-order valence-corrected chi connectivity index (χ1v) is 5.30. The Hall–Kier alpha value is -2.12. The van der Waals surface area contributed by atoms with E-state index in [1.165, 1.54) is 24.3 Å². The molecule has 5 heteroatoms. The third-order valence-corrected chi connectivity index (χ3v) is 2.47. The number of ether oxygens (including phenoxy) is 1. The summed E-state index contributed by atoms with van der Waals surface area (Å²) < 4.78 is 31.2. The van der Waals surface area contributed by atoms with Gasteiger partial charge in [0.05, 0.1) is 10.6 Å². The molecule has 2 nitrogen and oxygen atoms in total. The zero-order valence-corrected chi connectivity index (χ0v) is 9.71. The molecule has 0 amide bonds. The Morgan fingerprint density at radius 3 is 2.56 bits per heavy atom. The number of nitrogens with zero attached hydrogens (tertiary/aromatic N) is 1. The summed E-state index contributed by atoms with van der Waals surface area (Å²) in [5.41, 5.74) is 0.0513. The van der Waals surface area contributed by atoms with E-state index in [2.05, 4.69) is 0 Å². The average molecular weight is 266 g/mol. The molecule has 0 aliphatic heterocycles. The van der Waals surface area contributed by atoms with Crippen LogP contribution in [0.4, 0.5) is 8.78 Å². The summed E-state index contributed by atoms with van der Waals surface area (Å²) in [6, 6.07) is 9.15. The number of benzene rings is 2. The van der Waals surface area contributed by atoms with Crippen molar-refractivity contribution in [1.29, 1.82) is 5.26 Å². The standard InChI is InChI=1S/C13H6ClF2NO/c14-11-6-10(2-3-12(11)16)18-13-4-1-9(15)5-8(13)7-17/h1-6H. The first kappa shape index (κ1) is 12.3. The zero-order valence-electron chi connectivity index (χ0n) is 8.95. The minimum absolute atomic E-state index is 0.0513. The van der Waals surface area contributed by atoms with Crippen molar-refractivity contribution >= 4 is 11.6 Å². The van der Waals surface area contributed by atoms with Crippen LogP contribution >= 0.6 is 11.6 Å². The van der Waals surface area contributed by atoms with Gasteiger partial charge in [-0.3, -0.25) is 0 Å². The molecular formula is C13H6ClF2NO. The van der Waals surface area contributed by atoms with E-state index in [4.69, 9.17) is 21.6 Å². The molecule has 0 heterocycles. The van der Waals surface area contributed by atoms with Crippen molar-refractivity contribution in [2.75, 3.05) is 0 Å². The van der Waals surface area contributed by atoms with E-state index in [1.54, 1.807) is 0 Å².